The van der Waals surface area contributed by atoms with Crippen LogP contribution in [0.5, 0.6) is 0 Å². The summed E-state index contributed by atoms with van der Waals surface area (Å²) in [7, 11) is 0. The Morgan fingerprint density at radius 1 is 1.42 bits per heavy atom. The third-order valence-corrected chi connectivity index (χ3v) is 5.13. The number of halogens is 2. The van der Waals surface area contributed by atoms with Crippen molar-refractivity contribution in [1.82, 2.24) is 0 Å². The number of benzene rings is 1. The SMILES string of the molecule is C=CC(c1ccc(Cl)cc1Cl)C1CCCC(CC(=O)OCC)C1=O. The van der Waals surface area contributed by atoms with E-state index in [9.17, 15) is 9.59 Å². The summed E-state index contributed by atoms with van der Waals surface area (Å²) in [6, 6.07) is 5.29. The highest BCUT2D eigenvalue weighted by molar-refractivity contribution is 6.35. The summed E-state index contributed by atoms with van der Waals surface area (Å²) in [5, 5.41) is 1.09. The quantitative estimate of drug-likeness (QED) is 0.511. The van der Waals surface area contributed by atoms with Crippen molar-refractivity contribution in [3.8, 4) is 0 Å². The molecule has 1 aromatic rings. The molecule has 0 bridgehead atoms. The monoisotopic (exact) mass is 368 g/mol. The summed E-state index contributed by atoms with van der Waals surface area (Å²) in [6.07, 6.45) is 4.32. The Kier molecular flexibility index (Phi) is 6.88. The lowest BCUT2D eigenvalue weighted by atomic mass is 9.71. The first kappa shape index (κ1) is 19.0. The van der Waals surface area contributed by atoms with E-state index >= 15 is 0 Å². The fraction of sp³-hybridized carbons (Fsp3) is 0.474. The molecule has 0 N–H and O–H groups in total. The lowest BCUT2D eigenvalue weighted by molar-refractivity contribution is -0.147. The smallest absolute Gasteiger partial charge is 0.306 e. The number of allylic oxidation sites excluding steroid dienone is 1. The van der Waals surface area contributed by atoms with Crippen molar-refractivity contribution >= 4 is 35.0 Å². The minimum atomic E-state index is -0.309. The van der Waals surface area contributed by atoms with Crippen molar-refractivity contribution < 1.29 is 14.3 Å². The fourth-order valence-electron chi connectivity index (χ4n) is 3.43. The molecule has 1 aliphatic rings. The molecule has 5 heteroatoms. The number of Topliss-reactive ketones (excluding diaryl/α,β-unsaturated/α-hetero) is 1. The zero-order chi connectivity index (χ0) is 17.7. The molecule has 0 amide bonds. The Morgan fingerprint density at radius 3 is 2.79 bits per heavy atom. The van der Waals surface area contributed by atoms with E-state index in [4.69, 9.17) is 27.9 Å². The van der Waals surface area contributed by atoms with Crippen LogP contribution in [0.25, 0.3) is 0 Å². The van der Waals surface area contributed by atoms with Gasteiger partial charge in [-0.15, -0.1) is 6.58 Å². The Labute approximate surface area is 153 Å². The first-order valence-electron chi connectivity index (χ1n) is 8.24. The van der Waals surface area contributed by atoms with Crippen molar-refractivity contribution in [2.24, 2.45) is 11.8 Å². The van der Waals surface area contributed by atoms with Crippen LogP contribution in [0.15, 0.2) is 30.9 Å². The maximum atomic E-state index is 12.9. The van der Waals surface area contributed by atoms with Crippen LogP contribution >= 0.6 is 23.2 Å². The Hall–Kier alpha value is -1.32. The highest BCUT2D eigenvalue weighted by atomic mass is 35.5. The molecule has 1 fully saturated rings. The van der Waals surface area contributed by atoms with Gasteiger partial charge in [-0.05, 0) is 37.5 Å². The second-order valence-corrected chi connectivity index (χ2v) is 6.92. The zero-order valence-electron chi connectivity index (χ0n) is 13.8. The van der Waals surface area contributed by atoms with Crippen LogP contribution in [0.1, 0.15) is 44.1 Å². The van der Waals surface area contributed by atoms with Crippen LogP contribution in [0.3, 0.4) is 0 Å². The Morgan fingerprint density at radius 2 is 2.17 bits per heavy atom. The van der Waals surface area contributed by atoms with E-state index in [1.54, 1.807) is 25.1 Å². The lowest BCUT2D eigenvalue weighted by Gasteiger charge is -2.32. The third-order valence-electron chi connectivity index (χ3n) is 4.56. The van der Waals surface area contributed by atoms with Gasteiger partial charge in [0, 0.05) is 27.8 Å². The van der Waals surface area contributed by atoms with E-state index in [0.29, 0.717) is 16.7 Å². The number of hydrogen-bond donors (Lipinski definition) is 0. The predicted molar refractivity (Wildman–Crippen MR) is 96.5 cm³/mol. The molecular formula is C19H22Cl2O3. The molecule has 3 atom stereocenters. The van der Waals surface area contributed by atoms with Gasteiger partial charge in [0.25, 0.3) is 0 Å². The summed E-state index contributed by atoms with van der Waals surface area (Å²) in [5.41, 5.74) is 0.853. The summed E-state index contributed by atoms with van der Waals surface area (Å²) in [5.74, 6) is -0.876. The molecule has 0 heterocycles. The van der Waals surface area contributed by atoms with E-state index < -0.39 is 0 Å². The average molecular weight is 369 g/mol. The topological polar surface area (TPSA) is 43.4 Å². The van der Waals surface area contributed by atoms with Gasteiger partial charge in [0.05, 0.1) is 13.0 Å². The van der Waals surface area contributed by atoms with Crippen LogP contribution in [-0.2, 0) is 14.3 Å². The molecule has 0 radical (unpaired) electrons. The number of hydrogen-bond acceptors (Lipinski definition) is 3. The van der Waals surface area contributed by atoms with E-state index in [0.717, 1.165) is 24.8 Å². The normalized spacial score (nSPS) is 22.0. The largest absolute Gasteiger partial charge is 0.466 e. The van der Waals surface area contributed by atoms with Crippen molar-refractivity contribution in [2.45, 2.75) is 38.5 Å². The average Bonchev–Trinajstić information content (AvgIpc) is 2.53. The molecule has 0 spiro atoms. The van der Waals surface area contributed by atoms with E-state index in [2.05, 4.69) is 6.58 Å². The number of rotatable bonds is 6. The summed E-state index contributed by atoms with van der Waals surface area (Å²) in [6.45, 7) is 5.99. The van der Waals surface area contributed by atoms with Crippen LogP contribution in [-0.4, -0.2) is 18.4 Å². The molecule has 0 aliphatic heterocycles. The second kappa shape index (κ2) is 8.68. The number of esters is 1. The van der Waals surface area contributed by atoms with E-state index in [1.165, 1.54) is 0 Å². The maximum Gasteiger partial charge on any atom is 0.306 e. The first-order chi connectivity index (χ1) is 11.5. The molecule has 1 saturated carbocycles. The van der Waals surface area contributed by atoms with Gasteiger partial charge in [0.1, 0.15) is 5.78 Å². The van der Waals surface area contributed by atoms with Gasteiger partial charge in [-0.2, -0.15) is 0 Å². The lowest BCUT2D eigenvalue weighted by Crippen LogP contribution is -2.33. The van der Waals surface area contributed by atoms with Crippen LogP contribution in [0.4, 0.5) is 0 Å². The fourth-order valence-corrected chi connectivity index (χ4v) is 3.97. The summed E-state index contributed by atoms with van der Waals surface area (Å²) < 4.78 is 4.98. The van der Waals surface area contributed by atoms with Crippen molar-refractivity contribution in [3.63, 3.8) is 0 Å². The summed E-state index contributed by atoms with van der Waals surface area (Å²) in [4.78, 5) is 24.6. The van der Waals surface area contributed by atoms with Crippen LogP contribution in [0, 0.1) is 11.8 Å². The van der Waals surface area contributed by atoms with Crippen molar-refractivity contribution in [2.75, 3.05) is 6.61 Å². The van der Waals surface area contributed by atoms with Gasteiger partial charge in [0.15, 0.2) is 0 Å². The van der Waals surface area contributed by atoms with Crippen LogP contribution < -0.4 is 0 Å². The van der Waals surface area contributed by atoms with E-state index in [1.807, 2.05) is 6.07 Å². The van der Waals surface area contributed by atoms with Gasteiger partial charge in [-0.25, -0.2) is 0 Å². The molecule has 3 nitrogen and oxygen atoms in total. The standard InChI is InChI=1S/C19H22Cl2O3/c1-3-14(15-9-8-13(20)11-17(15)21)16-7-5-6-12(19(16)23)10-18(22)24-4-2/h3,8-9,11-12,14,16H,1,4-7,10H2,2H3. The molecule has 1 aliphatic carbocycles. The molecule has 130 valence electrons. The number of ketones is 1. The number of ether oxygens (including phenoxy) is 1. The van der Waals surface area contributed by atoms with Gasteiger partial charge < -0.3 is 4.74 Å². The van der Waals surface area contributed by atoms with Crippen LogP contribution in [0.2, 0.25) is 10.0 Å². The molecule has 0 saturated heterocycles. The molecule has 0 aromatic heterocycles. The molecule has 24 heavy (non-hydrogen) atoms. The van der Waals surface area contributed by atoms with Gasteiger partial charge in [-0.1, -0.05) is 41.8 Å². The minimum absolute atomic E-state index is 0.102. The van der Waals surface area contributed by atoms with Gasteiger partial charge >= 0.3 is 5.97 Å². The number of carbonyl (C=O) groups excluding carboxylic acids is 2. The molecule has 2 rings (SSSR count). The summed E-state index contributed by atoms with van der Waals surface area (Å²) >= 11 is 12.3. The Bertz CT molecular complexity index is 627. The predicted octanol–water partition coefficient (Wildman–Crippen LogP) is 5.20. The van der Waals surface area contributed by atoms with E-state index in [-0.39, 0.29) is 35.9 Å². The molecule has 3 unspecified atom stereocenters. The van der Waals surface area contributed by atoms with Crippen molar-refractivity contribution in [3.05, 3.63) is 46.5 Å². The maximum absolute atomic E-state index is 12.9. The van der Waals surface area contributed by atoms with Gasteiger partial charge in [0.2, 0.25) is 0 Å². The van der Waals surface area contributed by atoms with Crippen molar-refractivity contribution in [1.29, 1.82) is 0 Å². The third kappa shape index (κ3) is 4.40. The second-order valence-electron chi connectivity index (χ2n) is 6.07. The Balaban J connectivity index is 2.20. The number of carbonyl (C=O) groups is 2. The minimum Gasteiger partial charge on any atom is -0.466 e. The zero-order valence-corrected chi connectivity index (χ0v) is 15.3. The highest BCUT2D eigenvalue weighted by Gasteiger charge is 2.37. The highest BCUT2D eigenvalue weighted by Crippen LogP contribution is 2.40. The molecular weight excluding hydrogens is 347 g/mol. The van der Waals surface area contributed by atoms with Gasteiger partial charge in [-0.3, -0.25) is 9.59 Å². The molecule has 1 aromatic carbocycles. The first-order valence-corrected chi connectivity index (χ1v) is 9.00.